The van der Waals surface area contributed by atoms with Gasteiger partial charge in [0.15, 0.2) is 0 Å². The standard InChI is InChI=1S/C12H14N4OS/c1-13-9-5-18-11-4-8-7(14-6-15-8)3-10(11)16(2)12(9)17/h3-4,6,9,13H,5H2,1-2H3,(H,14,15). The minimum absolute atomic E-state index is 0.0996. The normalized spacial score (nSPS) is 20.0. The number of thioether (sulfide) groups is 1. The molecule has 1 atom stereocenters. The van der Waals surface area contributed by atoms with E-state index in [1.807, 2.05) is 26.2 Å². The first-order chi connectivity index (χ1) is 8.70. The molecule has 18 heavy (non-hydrogen) atoms. The van der Waals surface area contributed by atoms with Gasteiger partial charge in [-0.05, 0) is 19.2 Å². The fraction of sp³-hybridized carbons (Fsp3) is 0.333. The molecule has 1 aromatic carbocycles. The Labute approximate surface area is 109 Å². The number of likely N-dealkylation sites (N-methyl/N-ethyl adjacent to an activating group) is 2. The lowest BCUT2D eigenvalue weighted by atomic mass is 10.2. The fourth-order valence-corrected chi connectivity index (χ4v) is 3.33. The Bertz CT molecular complexity index is 609. The highest BCUT2D eigenvalue weighted by Gasteiger charge is 2.27. The number of benzene rings is 1. The number of imidazole rings is 1. The van der Waals surface area contributed by atoms with E-state index in [0.29, 0.717) is 0 Å². The maximum absolute atomic E-state index is 12.2. The van der Waals surface area contributed by atoms with Gasteiger partial charge in [-0.15, -0.1) is 11.8 Å². The van der Waals surface area contributed by atoms with Gasteiger partial charge >= 0.3 is 0 Å². The van der Waals surface area contributed by atoms with Crippen molar-refractivity contribution in [3.8, 4) is 0 Å². The lowest BCUT2D eigenvalue weighted by Gasteiger charge is -2.20. The summed E-state index contributed by atoms with van der Waals surface area (Å²) in [5.41, 5.74) is 2.83. The summed E-state index contributed by atoms with van der Waals surface area (Å²) < 4.78 is 0. The fourth-order valence-electron chi connectivity index (χ4n) is 2.13. The van der Waals surface area contributed by atoms with Crippen molar-refractivity contribution in [2.45, 2.75) is 10.9 Å². The number of aromatic amines is 1. The van der Waals surface area contributed by atoms with E-state index in [0.717, 1.165) is 27.4 Å². The number of fused-ring (bicyclic) bond motifs is 2. The minimum Gasteiger partial charge on any atom is -0.345 e. The zero-order valence-electron chi connectivity index (χ0n) is 10.2. The first-order valence-electron chi connectivity index (χ1n) is 5.75. The molecule has 0 saturated carbocycles. The molecule has 2 aromatic rings. The van der Waals surface area contributed by atoms with Crippen LogP contribution in [0.4, 0.5) is 5.69 Å². The second kappa shape index (κ2) is 4.29. The molecule has 0 bridgehead atoms. The van der Waals surface area contributed by atoms with Gasteiger partial charge in [0, 0.05) is 17.7 Å². The molecule has 1 aliphatic heterocycles. The summed E-state index contributed by atoms with van der Waals surface area (Å²) in [5.74, 6) is 0.838. The number of hydrogen-bond donors (Lipinski definition) is 2. The van der Waals surface area contributed by atoms with Crippen LogP contribution < -0.4 is 10.2 Å². The third-order valence-electron chi connectivity index (χ3n) is 3.24. The van der Waals surface area contributed by atoms with Gasteiger partial charge in [-0.3, -0.25) is 4.79 Å². The molecule has 0 spiro atoms. The van der Waals surface area contributed by atoms with Gasteiger partial charge < -0.3 is 15.2 Å². The van der Waals surface area contributed by atoms with Crippen LogP contribution in [0.2, 0.25) is 0 Å². The van der Waals surface area contributed by atoms with Crippen LogP contribution in [-0.4, -0.2) is 41.8 Å². The molecule has 1 amide bonds. The number of nitrogens with zero attached hydrogens (tertiary/aromatic N) is 2. The zero-order valence-corrected chi connectivity index (χ0v) is 11.0. The van der Waals surface area contributed by atoms with Gasteiger partial charge in [-0.2, -0.15) is 0 Å². The number of nitrogens with one attached hydrogen (secondary N) is 2. The van der Waals surface area contributed by atoms with Crippen molar-refractivity contribution in [1.29, 1.82) is 0 Å². The van der Waals surface area contributed by atoms with E-state index in [4.69, 9.17) is 0 Å². The van der Waals surface area contributed by atoms with Crippen molar-refractivity contribution < 1.29 is 4.79 Å². The molecule has 3 rings (SSSR count). The number of H-pyrrole nitrogens is 1. The Morgan fingerprint density at radius 3 is 3.17 bits per heavy atom. The average molecular weight is 262 g/mol. The molecule has 5 nitrogen and oxygen atoms in total. The average Bonchev–Trinajstić information content (AvgIpc) is 2.80. The highest BCUT2D eigenvalue weighted by Crippen LogP contribution is 2.36. The molecule has 2 heterocycles. The van der Waals surface area contributed by atoms with E-state index in [1.165, 1.54) is 0 Å². The van der Waals surface area contributed by atoms with Crippen LogP contribution in [0.3, 0.4) is 0 Å². The third-order valence-corrected chi connectivity index (χ3v) is 4.38. The van der Waals surface area contributed by atoms with E-state index in [2.05, 4.69) is 15.3 Å². The van der Waals surface area contributed by atoms with Gasteiger partial charge in [0.05, 0.1) is 29.1 Å². The molecular weight excluding hydrogens is 248 g/mol. The van der Waals surface area contributed by atoms with Gasteiger partial charge in [0.2, 0.25) is 5.91 Å². The Kier molecular flexibility index (Phi) is 2.76. The lowest BCUT2D eigenvalue weighted by Crippen LogP contribution is -2.44. The first kappa shape index (κ1) is 11.6. The van der Waals surface area contributed by atoms with Gasteiger partial charge in [0.25, 0.3) is 0 Å². The number of carbonyl (C=O) groups is 1. The molecule has 1 aliphatic rings. The molecule has 1 aromatic heterocycles. The predicted molar refractivity (Wildman–Crippen MR) is 73.1 cm³/mol. The molecule has 0 saturated heterocycles. The van der Waals surface area contributed by atoms with Crippen molar-refractivity contribution in [3.63, 3.8) is 0 Å². The second-order valence-electron chi connectivity index (χ2n) is 4.29. The highest BCUT2D eigenvalue weighted by atomic mass is 32.2. The summed E-state index contributed by atoms with van der Waals surface area (Å²) in [5, 5.41) is 3.06. The number of aromatic nitrogens is 2. The summed E-state index contributed by atoms with van der Waals surface area (Å²) in [6.45, 7) is 0. The molecule has 2 N–H and O–H groups in total. The minimum atomic E-state index is -0.140. The van der Waals surface area contributed by atoms with Crippen molar-refractivity contribution in [3.05, 3.63) is 18.5 Å². The Hall–Kier alpha value is -1.53. The number of hydrogen-bond acceptors (Lipinski definition) is 4. The molecule has 0 fully saturated rings. The van der Waals surface area contributed by atoms with Crippen molar-refractivity contribution >= 4 is 34.4 Å². The van der Waals surface area contributed by atoms with E-state index in [9.17, 15) is 4.79 Å². The van der Waals surface area contributed by atoms with Crippen molar-refractivity contribution in [2.24, 2.45) is 0 Å². The molecular formula is C12H14N4OS. The van der Waals surface area contributed by atoms with E-state index in [-0.39, 0.29) is 11.9 Å². The van der Waals surface area contributed by atoms with Crippen molar-refractivity contribution in [1.82, 2.24) is 15.3 Å². The maximum atomic E-state index is 12.2. The maximum Gasteiger partial charge on any atom is 0.244 e. The molecule has 94 valence electrons. The lowest BCUT2D eigenvalue weighted by molar-refractivity contribution is -0.119. The summed E-state index contributed by atoms with van der Waals surface area (Å²) in [4.78, 5) is 22.4. The number of rotatable bonds is 1. The zero-order chi connectivity index (χ0) is 12.7. The Balaban J connectivity index is 2.13. The Morgan fingerprint density at radius 2 is 2.39 bits per heavy atom. The van der Waals surface area contributed by atoms with Crippen LogP contribution in [0.1, 0.15) is 0 Å². The Morgan fingerprint density at radius 1 is 1.56 bits per heavy atom. The predicted octanol–water partition coefficient (Wildman–Crippen LogP) is 1.22. The highest BCUT2D eigenvalue weighted by molar-refractivity contribution is 7.99. The van der Waals surface area contributed by atoms with Crippen LogP contribution in [0.5, 0.6) is 0 Å². The smallest absolute Gasteiger partial charge is 0.244 e. The largest absolute Gasteiger partial charge is 0.345 e. The van der Waals surface area contributed by atoms with Gasteiger partial charge in [0.1, 0.15) is 0 Å². The SMILES string of the molecule is CNC1CSc2cc3nc[nH]c3cc2N(C)C1=O. The van der Waals surface area contributed by atoms with E-state index < -0.39 is 0 Å². The second-order valence-corrected chi connectivity index (χ2v) is 5.35. The molecule has 0 radical (unpaired) electrons. The van der Waals surface area contributed by atoms with Crippen LogP contribution in [0.25, 0.3) is 11.0 Å². The topological polar surface area (TPSA) is 61.0 Å². The number of amides is 1. The van der Waals surface area contributed by atoms with Gasteiger partial charge in [-0.25, -0.2) is 4.98 Å². The van der Waals surface area contributed by atoms with Crippen LogP contribution in [0.15, 0.2) is 23.4 Å². The van der Waals surface area contributed by atoms with Crippen molar-refractivity contribution in [2.75, 3.05) is 24.7 Å². The summed E-state index contributed by atoms with van der Waals surface area (Å²) in [6.07, 6.45) is 1.67. The van der Waals surface area contributed by atoms with Gasteiger partial charge in [-0.1, -0.05) is 0 Å². The summed E-state index contributed by atoms with van der Waals surface area (Å²) in [6, 6.07) is 3.88. The van der Waals surface area contributed by atoms with E-state index in [1.54, 1.807) is 23.0 Å². The molecule has 6 heteroatoms. The van der Waals surface area contributed by atoms with Crippen LogP contribution >= 0.6 is 11.8 Å². The first-order valence-corrected chi connectivity index (χ1v) is 6.74. The summed E-state index contributed by atoms with van der Waals surface area (Å²) in [7, 11) is 3.64. The third kappa shape index (κ3) is 1.69. The van der Waals surface area contributed by atoms with Crippen LogP contribution in [0, 0.1) is 0 Å². The quantitative estimate of drug-likeness (QED) is 0.811. The van der Waals surface area contributed by atoms with Crippen LogP contribution in [-0.2, 0) is 4.79 Å². The number of carbonyl (C=O) groups excluding carboxylic acids is 1. The monoisotopic (exact) mass is 262 g/mol. The molecule has 1 unspecified atom stereocenters. The summed E-state index contributed by atoms with van der Waals surface area (Å²) >= 11 is 1.69. The molecule has 0 aliphatic carbocycles. The van der Waals surface area contributed by atoms with E-state index >= 15 is 0 Å². The number of anilines is 1.